The van der Waals surface area contributed by atoms with Crippen molar-refractivity contribution in [1.82, 2.24) is 14.5 Å². The van der Waals surface area contributed by atoms with Crippen LogP contribution in [-0.2, 0) is 0 Å². The molecule has 0 saturated carbocycles. The van der Waals surface area contributed by atoms with Gasteiger partial charge in [-0.05, 0) is 19.1 Å². The van der Waals surface area contributed by atoms with Crippen LogP contribution >= 0.6 is 0 Å². The lowest BCUT2D eigenvalue weighted by Gasteiger charge is -2.38. The van der Waals surface area contributed by atoms with E-state index >= 15 is 4.39 Å². The van der Waals surface area contributed by atoms with Crippen molar-refractivity contribution in [3.63, 3.8) is 0 Å². The van der Waals surface area contributed by atoms with Gasteiger partial charge >= 0.3 is 5.97 Å². The molecular formula is C21H20FN5O4. The number of halogens is 1. The first kappa shape index (κ1) is 19.3. The SMILES string of the molecule is C[C@H]1COc2c(N3CCN(c4ccncn4)CC3)c(F)cc3c(=O)c(C(=O)O)cn1c23. The molecule has 160 valence electrons. The van der Waals surface area contributed by atoms with Gasteiger partial charge in [0.25, 0.3) is 0 Å². The van der Waals surface area contributed by atoms with Gasteiger partial charge in [0, 0.05) is 38.6 Å². The van der Waals surface area contributed by atoms with Crippen molar-refractivity contribution in [2.45, 2.75) is 13.0 Å². The van der Waals surface area contributed by atoms with Crippen LogP contribution < -0.4 is 20.0 Å². The number of piperazine rings is 1. The monoisotopic (exact) mass is 425 g/mol. The molecule has 3 aromatic rings. The van der Waals surface area contributed by atoms with Crippen LogP contribution in [0.5, 0.6) is 5.75 Å². The minimum Gasteiger partial charge on any atom is -0.487 e. The van der Waals surface area contributed by atoms with Crippen LogP contribution in [0.15, 0.2) is 35.6 Å². The first-order valence-corrected chi connectivity index (χ1v) is 9.99. The van der Waals surface area contributed by atoms with E-state index in [2.05, 4.69) is 14.9 Å². The third kappa shape index (κ3) is 3.06. The Morgan fingerprint density at radius 2 is 2.00 bits per heavy atom. The summed E-state index contributed by atoms with van der Waals surface area (Å²) in [6.07, 6.45) is 4.51. The number of nitrogens with zero attached hydrogens (tertiary/aromatic N) is 5. The summed E-state index contributed by atoms with van der Waals surface area (Å²) in [5, 5.41) is 9.42. The third-order valence-corrected chi connectivity index (χ3v) is 5.86. The smallest absolute Gasteiger partial charge is 0.341 e. The number of hydrogen-bond donors (Lipinski definition) is 1. The summed E-state index contributed by atoms with van der Waals surface area (Å²) < 4.78 is 22.9. The summed E-state index contributed by atoms with van der Waals surface area (Å²) in [5.74, 6) is -0.826. The van der Waals surface area contributed by atoms with Gasteiger partial charge in [-0.2, -0.15) is 0 Å². The standard InChI is InChI=1S/C21H20FN5O4/c1-12-10-31-20-17-13(19(28)14(21(29)30)9-27(12)17)8-15(22)18(20)26-6-4-25(5-7-26)16-2-3-23-11-24-16/h2-3,8-9,11-12H,4-7,10H2,1H3,(H,29,30)/t12-/m0/s1. The molecule has 2 aromatic heterocycles. The van der Waals surface area contributed by atoms with Crippen LogP contribution in [0.25, 0.3) is 10.9 Å². The highest BCUT2D eigenvalue weighted by molar-refractivity contribution is 5.97. The van der Waals surface area contributed by atoms with Gasteiger partial charge < -0.3 is 24.2 Å². The van der Waals surface area contributed by atoms with E-state index in [1.807, 2.05) is 17.9 Å². The number of aromatic carboxylic acids is 1. The predicted octanol–water partition coefficient (Wildman–Crippen LogP) is 1.91. The molecule has 1 fully saturated rings. The number of anilines is 2. The van der Waals surface area contributed by atoms with Crippen molar-refractivity contribution in [2.24, 2.45) is 0 Å². The minimum atomic E-state index is -1.33. The molecule has 1 aromatic carbocycles. The topological polar surface area (TPSA) is 101 Å². The highest BCUT2D eigenvalue weighted by Gasteiger charge is 2.31. The van der Waals surface area contributed by atoms with Gasteiger partial charge in [-0.3, -0.25) is 4.79 Å². The van der Waals surface area contributed by atoms with Crippen molar-refractivity contribution in [3.05, 3.63) is 52.5 Å². The second-order valence-corrected chi connectivity index (χ2v) is 7.72. The zero-order valence-corrected chi connectivity index (χ0v) is 16.8. The van der Waals surface area contributed by atoms with Crippen LogP contribution in [0.1, 0.15) is 23.3 Å². The number of hydrogen-bond acceptors (Lipinski definition) is 7. The van der Waals surface area contributed by atoms with E-state index in [1.165, 1.54) is 12.5 Å². The summed E-state index contributed by atoms with van der Waals surface area (Å²) in [5.41, 5.74) is -0.351. The third-order valence-electron chi connectivity index (χ3n) is 5.86. The van der Waals surface area contributed by atoms with Crippen molar-refractivity contribution >= 4 is 28.4 Å². The Hall–Kier alpha value is -3.69. The molecule has 0 unspecified atom stereocenters. The molecular weight excluding hydrogens is 405 g/mol. The summed E-state index contributed by atoms with van der Waals surface area (Å²) >= 11 is 0. The molecule has 1 saturated heterocycles. The quantitative estimate of drug-likeness (QED) is 0.679. The molecule has 5 rings (SSSR count). The van der Waals surface area contributed by atoms with E-state index in [4.69, 9.17) is 4.74 Å². The molecule has 10 heteroatoms. The number of aromatic nitrogens is 3. The van der Waals surface area contributed by atoms with Crippen molar-refractivity contribution < 1.29 is 19.0 Å². The molecule has 4 heterocycles. The van der Waals surface area contributed by atoms with E-state index in [9.17, 15) is 14.7 Å². The van der Waals surface area contributed by atoms with Gasteiger partial charge in [0.05, 0.1) is 16.9 Å². The highest BCUT2D eigenvalue weighted by Crippen LogP contribution is 2.42. The Bertz CT molecular complexity index is 1240. The molecule has 0 spiro atoms. The number of pyridine rings is 1. The maximum absolute atomic E-state index is 15.3. The molecule has 31 heavy (non-hydrogen) atoms. The Labute approximate surface area is 176 Å². The van der Waals surface area contributed by atoms with E-state index < -0.39 is 17.2 Å². The molecule has 9 nitrogen and oxygen atoms in total. The Morgan fingerprint density at radius 3 is 2.68 bits per heavy atom. The van der Waals surface area contributed by atoms with Crippen LogP contribution in [0.4, 0.5) is 15.9 Å². The number of carboxylic acid groups (broad SMARTS) is 1. The predicted molar refractivity (Wildman–Crippen MR) is 112 cm³/mol. The van der Waals surface area contributed by atoms with Crippen molar-refractivity contribution in [1.29, 1.82) is 0 Å². The summed E-state index contributed by atoms with van der Waals surface area (Å²) in [6, 6.07) is 2.78. The lowest BCUT2D eigenvalue weighted by Crippen LogP contribution is -2.47. The van der Waals surface area contributed by atoms with Crippen LogP contribution in [0.3, 0.4) is 0 Å². The molecule has 0 radical (unpaired) electrons. The maximum Gasteiger partial charge on any atom is 0.341 e. The molecule has 1 atom stereocenters. The fourth-order valence-corrected chi connectivity index (χ4v) is 4.29. The van der Waals surface area contributed by atoms with Gasteiger partial charge in [0.2, 0.25) is 5.43 Å². The number of carboxylic acids is 1. The maximum atomic E-state index is 15.3. The molecule has 1 N–H and O–H groups in total. The van der Waals surface area contributed by atoms with Crippen LogP contribution in [0, 0.1) is 5.82 Å². The van der Waals surface area contributed by atoms with E-state index in [0.717, 1.165) is 11.9 Å². The summed E-state index contributed by atoms with van der Waals surface area (Å²) in [4.78, 5) is 36.4. The van der Waals surface area contributed by atoms with Gasteiger partial charge in [0.15, 0.2) is 11.6 Å². The second-order valence-electron chi connectivity index (χ2n) is 7.72. The number of carbonyl (C=O) groups is 1. The first-order chi connectivity index (χ1) is 15.0. The van der Waals surface area contributed by atoms with Crippen LogP contribution in [0.2, 0.25) is 0 Å². The Morgan fingerprint density at radius 1 is 1.26 bits per heavy atom. The zero-order chi connectivity index (χ0) is 21.7. The number of rotatable bonds is 3. The van der Waals surface area contributed by atoms with Gasteiger partial charge in [-0.15, -0.1) is 0 Å². The molecule has 0 amide bonds. The van der Waals surface area contributed by atoms with Gasteiger partial charge in [-0.1, -0.05) is 0 Å². The van der Waals surface area contributed by atoms with Gasteiger partial charge in [-0.25, -0.2) is 19.2 Å². The molecule has 0 bridgehead atoms. The Kier molecular flexibility index (Phi) is 4.49. The fraction of sp³-hybridized carbons (Fsp3) is 0.333. The Balaban J connectivity index is 1.58. The highest BCUT2D eigenvalue weighted by atomic mass is 19.1. The van der Waals surface area contributed by atoms with Crippen molar-refractivity contribution in [2.75, 3.05) is 42.6 Å². The molecule has 2 aliphatic heterocycles. The number of benzene rings is 1. The van der Waals surface area contributed by atoms with Crippen molar-refractivity contribution in [3.8, 4) is 5.75 Å². The lowest BCUT2D eigenvalue weighted by molar-refractivity contribution is 0.0694. The minimum absolute atomic E-state index is 0.0160. The average Bonchev–Trinajstić information content (AvgIpc) is 2.78. The first-order valence-electron chi connectivity index (χ1n) is 9.99. The molecule has 2 aliphatic rings. The average molecular weight is 425 g/mol. The largest absolute Gasteiger partial charge is 0.487 e. The van der Waals surface area contributed by atoms with E-state index in [1.54, 1.807) is 10.8 Å². The zero-order valence-electron chi connectivity index (χ0n) is 16.8. The van der Waals surface area contributed by atoms with E-state index in [-0.39, 0.29) is 29.3 Å². The van der Waals surface area contributed by atoms with E-state index in [0.29, 0.717) is 37.4 Å². The van der Waals surface area contributed by atoms with Crippen LogP contribution in [-0.4, -0.2) is 58.4 Å². The second kappa shape index (κ2) is 7.22. The fourth-order valence-electron chi connectivity index (χ4n) is 4.29. The molecule has 0 aliphatic carbocycles. The lowest BCUT2D eigenvalue weighted by atomic mass is 10.1. The van der Waals surface area contributed by atoms with Gasteiger partial charge in [0.1, 0.15) is 30.0 Å². The summed E-state index contributed by atoms with van der Waals surface area (Å²) in [7, 11) is 0. The number of ether oxygens (including phenoxy) is 1. The normalized spacial score (nSPS) is 18.2. The summed E-state index contributed by atoms with van der Waals surface area (Å²) in [6.45, 7) is 4.46.